The van der Waals surface area contributed by atoms with Crippen molar-refractivity contribution in [2.24, 2.45) is 0 Å². The molecule has 25 heavy (non-hydrogen) atoms. The second-order valence-corrected chi connectivity index (χ2v) is 8.58. The maximum atomic E-state index is 12.8. The van der Waals surface area contributed by atoms with E-state index in [0.717, 1.165) is 18.4 Å². The lowest BCUT2D eigenvalue weighted by Gasteiger charge is -2.22. The Balaban J connectivity index is 1.93. The second kappa shape index (κ2) is 6.69. The smallest absolute Gasteiger partial charge is 0.264 e. The van der Waals surface area contributed by atoms with E-state index in [1.165, 1.54) is 35.6 Å². The second-order valence-electron chi connectivity index (χ2n) is 6.18. The number of anilines is 1. The summed E-state index contributed by atoms with van der Waals surface area (Å²) in [6.07, 6.45) is 1.99. The first-order valence-corrected chi connectivity index (χ1v) is 9.77. The van der Waals surface area contributed by atoms with E-state index >= 15 is 0 Å². The molecule has 2 aromatic rings. The van der Waals surface area contributed by atoms with Crippen LogP contribution in [0.4, 0.5) is 5.69 Å². The van der Waals surface area contributed by atoms with Gasteiger partial charge in [-0.25, -0.2) is 8.42 Å². The highest BCUT2D eigenvalue weighted by Gasteiger charge is 2.26. The summed E-state index contributed by atoms with van der Waals surface area (Å²) in [7, 11) is -2.26. The molecule has 0 heterocycles. The van der Waals surface area contributed by atoms with Crippen LogP contribution >= 0.6 is 11.6 Å². The first kappa shape index (κ1) is 17.8. The zero-order chi connectivity index (χ0) is 18.2. The van der Waals surface area contributed by atoms with Crippen molar-refractivity contribution >= 4 is 33.2 Å². The molecule has 1 saturated carbocycles. The van der Waals surface area contributed by atoms with Crippen molar-refractivity contribution in [1.29, 1.82) is 0 Å². The van der Waals surface area contributed by atoms with Gasteiger partial charge in [-0.2, -0.15) is 0 Å². The monoisotopic (exact) mass is 378 g/mol. The highest BCUT2D eigenvalue weighted by Crippen LogP contribution is 2.27. The van der Waals surface area contributed by atoms with Crippen LogP contribution in [-0.4, -0.2) is 27.4 Å². The van der Waals surface area contributed by atoms with Crippen LogP contribution in [0.5, 0.6) is 0 Å². The van der Waals surface area contributed by atoms with Gasteiger partial charge in [-0.1, -0.05) is 17.7 Å². The number of carbonyl (C=O) groups is 1. The molecule has 0 atom stereocenters. The molecule has 0 unspecified atom stereocenters. The Morgan fingerprint density at radius 3 is 2.40 bits per heavy atom. The predicted octanol–water partition coefficient (Wildman–Crippen LogP) is 3.37. The van der Waals surface area contributed by atoms with E-state index in [4.69, 9.17) is 11.6 Å². The maximum Gasteiger partial charge on any atom is 0.264 e. The molecule has 1 aliphatic rings. The van der Waals surface area contributed by atoms with Crippen molar-refractivity contribution in [3.63, 3.8) is 0 Å². The Kier molecular flexibility index (Phi) is 4.75. The summed E-state index contributed by atoms with van der Waals surface area (Å²) in [5.41, 5.74) is 1.69. The van der Waals surface area contributed by atoms with Gasteiger partial charge < -0.3 is 5.32 Å². The van der Waals surface area contributed by atoms with Crippen LogP contribution in [-0.2, 0) is 10.0 Å². The van der Waals surface area contributed by atoms with E-state index in [9.17, 15) is 13.2 Å². The van der Waals surface area contributed by atoms with Crippen molar-refractivity contribution in [3.05, 3.63) is 58.6 Å². The summed E-state index contributed by atoms with van der Waals surface area (Å²) in [4.78, 5) is 12.4. The first-order valence-electron chi connectivity index (χ1n) is 7.95. The quantitative estimate of drug-likeness (QED) is 0.867. The van der Waals surface area contributed by atoms with Crippen LogP contribution in [0.3, 0.4) is 0 Å². The van der Waals surface area contributed by atoms with Crippen LogP contribution < -0.4 is 9.62 Å². The van der Waals surface area contributed by atoms with Crippen LogP contribution in [0.1, 0.15) is 28.8 Å². The Hall–Kier alpha value is -2.05. The topological polar surface area (TPSA) is 66.5 Å². The molecule has 0 aromatic heterocycles. The molecule has 0 bridgehead atoms. The summed E-state index contributed by atoms with van der Waals surface area (Å²) in [5, 5.41) is 3.38. The molecule has 3 rings (SSSR count). The van der Waals surface area contributed by atoms with Gasteiger partial charge in [0, 0.05) is 23.7 Å². The van der Waals surface area contributed by atoms with Crippen LogP contribution in [0.25, 0.3) is 0 Å². The van der Waals surface area contributed by atoms with Gasteiger partial charge in [-0.05, 0) is 61.7 Å². The molecule has 0 aliphatic heterocycles. The lowest BCUT2D eigenvalue weighted by Crippen LogP contribution is -2.29. The van der Waals surface area contributed by atoms with Crippen molar-refractivity contribution in [1.82, 2.24) is 5.32 Å². The highest BCUT2D eigenvalue weighted by atomic mass is 35.5. The summed E-state index contributed by atoms with van der Waals surface area (Å²) in [6, 6.07) is 11.3. The lowest BCUT2D eigenvalue weighted by molar-refractivity contribution is 0.0951. The lowest BCUT2D eigenvalue weighted by atomic mass is 10.1. The van der Waals surface area contributed by atoms with Gasteiger partial charge in [0.05, 0.1) is 10.6 Å². The SMILES string of the molecule is Cc1ccc(C(=O)NC2CC2)cc1N(C)S(=O)(=O)c1ccc(Cl)cc1. The number of rotatable bonds is 5. The van der Waals surface area contributed by atoms with Crippen LogP contribution in [0.15, 0.2) is 47.4 Å². The third-order valence-corrected chi connectivity index (χ3v) is 6.23. The minimum Gasteiger partial charge on any atom is -0.349 e. The van der Waals surface area contributed by atoms with E-state index in [1.807, 2.05) is 6.92 Å². The number of hydrogen-bond acceptors (Lipinski definition) is 3. The minimum absolute atomic E-state index is 0.145. The third-order valence-electron chi connectivity index (χ3n) is 4.20. The van der Waals surface area contributed by atoms with E-state index in [-0.39, 0.29) is 16.8 Å². The first-order chi connectivity index (χ1) is 11.8. The van der Waals surface area contributed by atoms with Crippen molar-refractivity contribution in [3.8, 4) is 0 Å². The molecule has 0 spiro atoms. The largest absolute Gasteiger partial charge is 0.349 e. The highest BCUT2D eigenvalue weighted by molar-refractivity contribution is 7.92. The van der Waals surface area contributed by atoms with E-state index in [2.05, 4.69) is 5.32 Å². The van der Waals surface area contributed by atoms with Crippen LogP contribution in [0, 0.1) is 6.92 Å². The summed E-state index contributed by atoms with van der Waals surface area (Å²) in [5.74, 6) is -0.180. The van der Waals surface area contributed by atoms with Gasteiger partial charge in [-0.15, -0.1) is 0 Å². The molecule has 1 amide bonds. The van der Waals surface area contributed by atoms with Gasteiger partial charge >= 0.3 is 0 Å². The number of carbonyl (C=O) groups excluding carboxylic acids is 1. The van der Waals surface area contributed by atoms with Gasteiger partial charge in [-0.3, -0.25) is 9.10 Å². The zero-order valence-electron chi connectivity index (χ0n) is 14.0. The Bertz CT molecular complexity index is 906. The number of nitrogens with one attached hydrogen (secondary N) is 1. The number of sulfonamides is 1. The summed E-state index contributed by atoms with van der Waals surface area (Å²) in [6.45, 7) is 1.81. The van der Waals surface area contributed by atoms with E-state index in [0.29, 0.717) is 16.3 Å². The minimum atomic E-state index is -3.74. The Labute approximate surface area is 152 Å². The molecule has 1 N–H and O–H groups in total. The molecular formula is C18H19ClN2O3S. The number of nitrogens with zero attached hydrogens (tertiary/aromatic N) is 1. The Morgan fingerprint density at radius 1 is 1.16 bits per heavy atom. The maximum absolute atomic E-state index is 12.8. The van der Waals surface area contributed by atoms with Gasteiger partial charge in [0.15, 0.2) is 0 Å². The number of aryl methyl sites for hydroxylation is 1. The molecule has 7 heteroatoms. The molecule has 5 nitrogen and oxygen atoms in total. The van der Waals surface area contributed by atoms with Crippen molar-refractivity contribution < 1.29 is 13.2 Å². The number of halogens is 1. The van der Waals surface area contributed by atoms with Crippen molar-refractivity contribution in [2.75, 3.05) is 11.4 Å². The average molecular weight is 379 g/mol. The predicted molar refractivity (Wildman–Crippen MR) is 98.7 cm³/mol. The summed E-state index contributed by atoms with van der Waals surface area (Å²) < 4.78 is 26.9. The van der Waals surface area contributed by atoms with Crippen molar-refractivity contribution in [2.45, 2.75) is 30.7 Å². The number of benzene rings is 2. The molecule has 0 radical (unpaired) electrons. The van der Waals surface area contributed by atoms with Crippen LogP contribution in [0.2, 0.25) is 5.02 Å². The molecule has 1 aliphatic carbocycles. The Morgan fingerprint density at radius 2 is 1.80 bits per heavy atom. The van der Waals surface area contributed by atoms with Gasteiger partial charge in [0.1, 0.15) is 0 Å². The van der Waals surface area contributed by atoms with E-state index in [1.54, 1.807) is 18.2 Å². The average Bonchev–Trinajstić information content (AvgIpc) is 3.39. The molecule has 1 fully saturated rings. The third kappa shape index (κ3) is 3.80. The summed E-state index contributed by atoms with van der Waals surface area (Å²) >= 11 is 5.83. The molecule has 2 aromatic carbocycles. The number of amides is 1. The fraction of sp³-hybridized carbons (Fsp3) is 0.278. The fourth-order valence-electron chi connectivity index (χ4n) is 2.48. The molecular weight excluding hydrogens is 360 g/mol. The normalized spacial score (nSPS) is 14.2. The zero-order valence-corrected chi connectivity index (χ0v) is 15.6. The number of hydrogen-bond donors (Lipinski definition) is 1. The van der Waals surface area contributed by atoms with Gasteiger partial charge in [0.2, 0.25) is 0 Å². The van der Waals surface area contributed by atoms with E-state index < -0.39 is 10.0 Å². The fourth-order valence-corrected chi connectivity index (χ4v) is 3.86. The standard InChI is InChI=1S/C18H19ClN2O3S/c1-12-3-4-13(18(22)20-15-7-8-15)11-17(12)21(2)25(23,24)16-9-5-14(19)6-10-16/h3-6,9-11,15H,7-8H2,1-2H3,(H,20,22). The van der Waals surface area contributed by atoms with Gasteiger partial charge in [0.25, 0.3) is 15.9 Å². The molecule has 0 saturated heterocycles. The molecule has 132 valence electrons.